The Morgan fingerprint density at radius 3 is 2.46 bits per heavy atom. The maximum atomic E-state index is 6.06. The molecule has 5 nitrogen and oxygen atoms in total. The van der Waals surface area contributed by atoms with Gasteiger partial charge in [-0.25, -0.2) is 4.98 Å². The number of hydrogen-bond acceptors (Lipinski definition) is 5. The van der Waals surface area contributed by atoms with E-state index >= 15 is 0 Å². The summed E-state index contributed by atoms with van der Waals surface area (Å²) in [5.41, 5.74) is 4.94. The molecule has 1 aromatic heterocycles. The highest BCUT2D eigenvalue weighted by Gasteiger charge is 2.20. The molecule has 3 aromatic rings. The molecule has 1 N–H and O–H groups in total. The van der Waals surface area contributed by atoms with Crippen molar-refractivity contribution in [3.8, 4) is 0 Å². The average molecular weight is 394 g/mol. The molecule has 1 saturated heterocycles. The smallest absolute Gasteiger partial charge is 0.227 e. The summed E-state index contributed by atoms with van der Waals surface area (Å²) < 4.78 is 0. The summed E-state index contributed by atoms with van der Waals surface area (Å²) in [7, 11) is 0. The van der Waals surface area contributed by atoms with Gasteiger partial charge in [0.15, 0.2) is 0 Å². The van der Waals surface area contributed by atoms with Crippen molar-refractivity contribution in [2.45, 2.75) is 13.8 Å². The highest BCUT2D eigenvalue weighted by atomic mass is 35.5. The van der Waals surface area contributed by atoms with Crippen LogP contribution in [-0.2, 0) is 0 Å². The van der Waals surface area contributed by atoms with E-state index in [9.17, 15) is 0 Å². The number of nitrogens with zero attached hydrogens (tertiary/aromatic N) is 4. The zero-order valence-corrected chi connectivity index (χ0v) is 16.9. The fourth-order valence-corrected chi connectivity index (χ4v) is 3.70. The Labute approximate surface area is 171 Å². The lowest BCUT2D eigenvalue weighted by atomic mass is 10.1. The summed E-state index contributed by atoms with van der Waals surface area (Å²) in [6.45, 7) is 8.08. The highest BCUT2D eigenvalue weighted by molar-refractivity contribution is 6.30. The molecule has 0 atom stereocenters. The van der Waals surface area contributed by atoms with Crippen LogP contribution in [0.25, 0.3) is 0 Å². The van der Waals surface area contributed by atoms with Gasteiger partial charge in [0.05, 0.1) is 0 Å². The minimum atomic E-state index is 0.696. The normalized spacial score (nSPS) is 14.2. The first-order chi connectivity index (χ1) is 13.6. The van der Waals surface area contributed by atoms with Crippen molar-refractivity contribution in [1.29, 1.82) is 0 Å². The monoisotopic (exact) mass is 393 g/mol. The van der Waals surface area contributed by atoms with Crippen molar-refractivity contribution >= 4 is 34.7 Å². The standard InChI is InChI=1S/C22H24ClN5/c1-16-5-3-8-20(17(16)2)27-11-13-28(14-12-27)22-24-10-9-21(26-22)25-19-7-4-6-18(23)15-19/h3-10,15H,11-14H2,1-2H3,(H,24,25,26). The van der Waals surface area contributed by atoms with Crippen LogP contribution in [-0.4, -0.2) is 36.1 Å². The van der Waals surface area contributed by atoms with Gasteiger partial charge in [-0.05, 0) is 55.3 Å². The minimum Gasteiger partial charge on any atom is -0.368 e. The lowest BCUT2D eigenvalue weighted by Gasteiger charge is -2.37. The number of benzene rings is 2. The van der Waals surface area contributed by atoms with Crippen LogP contribution in [0.4, 0.5) is 23.1 Å². The number of aryl methyl sites for hydroxylation is 1. The maximum Gasteiger partial charge on any atom is 0.227 e. The summed E-state index contributed by atoms with van der Waals surface area (Å²) in [5, 5.41) is 4.00. The van der Waals surface area contributed by atoms with E-state index in [1.54, 1.807) is 6.20 Å². The molecule has 0 spiro atoms. The fraction of sp³-hybridized carbons (Fsp3) is 0.273. The maximum absolute atomic E-state index is 6.06. The number of anilines is 4. The summed E-state index contributed by atoms with van der Waals surface area (Å²) in [6.07, 6.45) is 1.80. The molecule has 2 aromatic carbocycles. The predicted molar refractivity (Wildman–Crippen MR) is 117 cm³/mol. The van der Waals surface area contributed by atoms with E-state index in [0.29, 0.717) is 5.02 Å². The van der Waals surface area contributed by atoms with Crippen molar-refractivity contribution in [3.05, 3.63) is 70.9 Å². The zero-order chi connectivity index (χ0) is 19.5. The summed E-state index contributed by atoms with van der Waals surface area (Å²) in [4.78, 5) is 13.9. The van der Waals surface area contributed by atoms with Crippen molar-refractivity contribution in [2.75, 3.05) is 41.3 Å². The van der Waals surface area contributed by atoms with Crippen LogP contribution in [0.1, 0.15) is 11.1 Å². The molecule has 0 aliphatic carbocycles. The topological polar surface area (TPSA) is 44.3 Å². The van der Waals surface area contributed by atoms with Gasteiger partial charge < -0.3 is 15.1 Å². The van der Waals surface area contributed by atoms with Crippen LogP contribution in [0.2, 0.25) is 5.02 Å². The number of hydrogen-bond donors (Lipinski definition) is 1. The number of piperazine rings is 1. The molecular weight excluding hydrogens is 370 g/mol. The van der Waals surface area contributed by atoms with Crippen molar-refractivity contribution < 1.29 is 0 Å². The van der Waals surface area contributed by atoms with Gasteiger partial charge in [0.25, 0.3) is 0 Å². The van der Waals surface area contributed by atoms with E-state index in [0.717, 1.165) is 43.6 Å². The second kappa shape index (κ2) is 8.07. The number of rotatable bonds is 4. The third kappa shape index (κ3) is 4.04. The Morgan fingerprint density at radius 1 is 0.929 bits per heavy atom. The molecule has 28 heavy (non-hydrogen) atoms. The summed E-state index contributed by atoms with van der Waals surface area (Å²) in [6, 6.07) is 16.0. The molecule has 0 radical (unpaired) electrons. The molecule has 2 heterocycles. The third-order valence-corrected chi connectivity index (χ3v) is 5.45. The Hall–Kier alpha value is -2.79. The zero-order valence-electron chi connectivity index (χ0n) is 16.2. The van der Waals surface area contributed by atoms with E-state index in [4.69, 9.17) is 16.6 Å². The van der Waals surface area contributed by atoms with Gasteiger partial charge in [0, 0.05) is 48.8 Å². The van der Waals surface area contributed by atoms with Crippen LogP contribution in [0.15, 0.2) is 54.7 Å². The Kier molecular flexibility index (Phi) is 5.35. The van der Waals surface area contributed by atoms with Crippen molar-refractivity contribution in [2.24, 2.45) is 0 Å². The minimum absolute atomic E-state index is 0.696. The van der Waals surface area contributed by atoms with Gasteiger partial charge in [-0.3, -0.25) is 0 Å². The Morgan fingerprint density at radius 2 is 1.68 bits per heavy atom. The van der Waals surface area contributed by atoms with Crippen LogP contribution in [0.3, 0.4) is 0 Å². The van der Waals surface area contributed by atoms with E-state index in [1.807, 2.05) is 30.3 Å². The molecule has 144 valence electrons. The summed E-state index contributed by atoms with van der Waals surface area (Å²) in [5.74, 6) is 1.52. The first-order valence-corrected chi connectivity index (χ1v) is 9.90. The largest absolute Gasteiger partial charge is 0.368 e. The number of aromatic nitrogens is 2. The molecule has 1 aliphatic rings. The quantitative estimate of drug-likeness (QED) is 0.688. The predicted octanol–water partition coefficient (Wildman–Crippen LogP) is 4.82. The number of halogens is 1. The van der Waals surface area contributed by atoms with Gasteiger partial charge in [-0.1, -0.05) is 29.8 Å². The second-order valence-corrected chi connectivity index (χ2v) is 7.51. The highest BCUT2D eigenvalue weighted by Crippen LogP contribution is 2.25. The fourth-order valence-electron chi connectivity index (χ4n) is 3.51. The summed E-state index contributed by atoms with van der Waals surface area (Å²) >= 11 is 6.06. The Bertz CT molecular complexity index is 967. The average Bonchev–Trinajstić information content (AvgIpc) is 2.71. The van der Waals surface area contributed by atoms with E-state index in [2.05, 4.69) is 52.1 Å². The lowest BCUT2D eigenvalue weighted by molar-refractivity contribution is 0.639. The molecule has 6 heteroatoms. The van der Waals surface area contributed by atoms with Crippen LogP contribution in [0.5, 0.6) is 0 Å². The third-order valence-electron chi connectivity index (χ3n) is 5.22. The first-order valence-electron chi connectivity index (χ1n) is 9.52. The number of nitrogens with one attached hydrogen (secondary N) is 1. The van der Waals surface area contributed by atoms with Gasteiger partial charge >= 0.3 is 0 Å². The molecule has 1 fully saturated rings. The van der Waals surface area contributed by atoms with Gasteiger partial charge in [-0.15, -0.1) is 0 Å². The second-order valence-electron chi connectivity index (χ2n) is 7.07. The van der Waals surface area contributed by atoms with Crippen molar-refractivity contribution in [3.63, 3.8) is 0 Å². The molecule has 1 aliphatic heterocycles. The van der Waals surface area contributed by atoms with Gasteiger partial charge in [0.1, 0.15) is 5.82 Å². The molecule has 0 unspecified atom stereocenters. The Balaban J connectivity index is 1.44. The van der Waals surface area contributed by atoms with E-state index in [1.165, 1.54) is 16.8 Å². The van der Waals surface area contributed by atoms with Crippen molar-refractivity contribution in [1.82, 2.24) is 9.97 Å². The SMILES string of the molecule is Cc1cccc(N2CCN(c3nccc(Nc4cccc(Cl)c4)n3)CC2)c1C. The lowest BCUT2D eigenvalue weighted by Crippen LogP contribution is -2.47. The van der Waals surface area contributed by atoms with Crippen LogP contribution < -0.4 is 15.1 Å². The molecular formula is C22H24ClN5. The molecule has 0 bridgehead atoms. The van der Waals surface area contributed by atoms with E-state index in [-0.39, 0.29) is 0 Å². The van der Waals surface area contributed by atoms with Crippen LogP contribution >= 0.6 is 11.6 Å². The van der Waals surface area contributed by atoms with Crippen LogP contribution in [0, 0.1) is 13.8 Å². The first kappa shape index (κ1) is 18.6. The molecule has 0 saturated carbocycles. The van der Waals surface area contributed by atoms with E-state index < -0.39 is 0 Å². The van der Waals surface area contributed by atoms with Gasteiger partial charge in [-0.2, -0.15) is 4.98 Å². The molecule has 4 rings (SSSR count). The molecule has 0 amide bonds. The van der Waals surface area contributed by atoms with Gasteiger partial charge in [0.2, 0.25) is 5.95 Å².